The number of hydrogen-bond acceptors (Lipinski definition) is 9. The number of ether oxygens (including phenoxy) is 2. The average molecular weight is 490 g/mol. The van der Waals surface area contributed by atoms with Gasteiger partial charge in [-0.3, -0.25) is 4.90 Å². The Morgan fingerprint density at radius 3 is 2.58 bits per heavy atom. The van der Waals surface area contributed by atoms with Crippen LogP contribution in [0.5, 0.6) is 11.5 Å². The maximum atomic E-state index is 10.5. The largest absolute Gasteiger partial charge is 0.497 e. The first-order chi connectivity index (χ1) is 17.6. The number of nitrogens with zero attached hydrogens (tertiary/aromatic N) is 5. The summed E-state index contributed by atoms with van der Waals surface area (Å²) in [5, 5.41) is 19.4. The molecular weight excluding hydrogens is 458 g/mol. The lowest BCUT2D eigenvalue weighted by Gasteiger charge is -2.41. The highest BCUT2D eigenvalue weighted by molar-refractivity contribution is 5.90. The predicted molar refractivity (Wildman–Crippen MR) is 137 cm³/mol. The highest BCUT2D eigenvalue weighted by atomic mass is 16.5. The number of aromatic nitrogens is 4. The van der Waals surface area contributed by atoms with E-state index >= 15 is 0 Å². The highest BCUT2D eigenvalue weighted by Gasteiger charge is 2.34. The van der Waals surface area contributed by atoms with Gasteiger partial charge >= 0.3 is 0 Å². The maximum absolute atomic E-state index is 10.5. The number of nitrogens with two attached hydrogens (primary N) is 1. The number of likely N-dealkylation sites (tertiary alicyclic amines) is 1. The Labute approximate surface area is 210 Å². The van der Waals surface area contributed by atoms with E-state index in [1.165, 1.54) is 25.6 Å². The standard InChI is InChI=1S/C26H31N7O3/c1-35-20-11-17(12-21(13-20)36-2)8-9-22-24-25(27)29-16-30-26(24)33(31-22)19-14-32(15-19)23(34)7-4-10-28-18-5-3-6-18/h4,7,11-13,16,18-19,23,28,34H,3,5-6,10,14-15H2,1-2H3,(H2,27,29,30)/b7-4+. The van der Waals surface area contributed by atoms with Crippen LogP contribution in [-0.4, -0.2) is 75.9 Å². The van der Waals surface area contributed by atoms with Gasteiger partial charge in [0.1, 0.15) is 35.6 Å². The van der Waals surface area contributed by atoms with Crippen LogP contribution in [0.15, 0.2) is 36.7 Å². The molecule has 3 heterocycles. The third-order valence-corrected chi connectivity index (χ3v) is 6.74. The van der Waals surface area contributed by atoms with Crippen molar-refractivity contribution >= 4 is 16.9 Å². The number of nitrogens with one attached hydrogen (secondary N) is 1. The first-order valence-corrected chi connectivity index (χ1v) is 12.1. The summed E-state index contributed by atoms with van der Waals surface area (Å²) in [6.45, 7) is 2.06. The van der Waals surface area contributed by atoms with Gasteiger partial charge in [0.25, 0.3) is 0 Å². The quantitative estimate of drug-likeness (QED) is 0.320. The molecular formula is C26H31N7O3. The average Bonchev–Trinajstić information content (AvgIpc) is 3.19. The SMILES string of the molecule is COc1cc(C#Cc2nn(C3CN(C(O)/C=C/CNC4CCC4)C3)c3ncnc(N)c23)cc(OC)c1. The highest BCUT2D eigenvalue weighted by Crippen LogP contribution is 2.29. The lowest BCUT2D eigenvalue weighted by atomic mass is 9.93. The van der Waals surface area contributed by atoms with E-state index in [4.69, 9.17) is 20.3 Å². The summed E-state index contributed by atoms with van der Waals surface area (Å²) < 4.78 is 12.5. The van der Waals surface area contributed by atoms with Crippen LogP contribution in [-0.2, 0) is 0 Å². The normalized spacial score (nSPS) is 17.4. The number of benzene rings is 1. The maximum Gasteiger partial charge on any atom is 0.165 e. The molecule has 2 fully saturated rings. The summed E-state index contributed by atoms with van der Waals surface area (Å²) in [5.41, 5.74) is 8.05. The van der Waals surface area contributed by atoms with Crippen LogP contribution in [0.2, 0.25) is 0 Å². The number of methoxy groups -OCH3 is 2. The molecule has 1 unspecified atom stereocenters. The second-order valence-electron chi connectivity index (χ2n) is 9.09. The van der Waals surface area contributed by atoms with Crippen LogP contribution < -0.4 is 20.5 Å². The van der Waals surface area contributed by atoms with E-state index in [0.29, 0.717) is 53.2 Å². The van der Waals surface area contributed by atoms with Crippen molar-refractivity contribution < 1.29 is 14.6 Å². The number of rotatable bonds is 8. The minimum atomic E-state index is -0.631. The van der Waals surface area contributed by atoms with Gasteiger partial charge in [-0.2, -0.15) is 5.10 Å². The van der Waals surface area contributed by atoms with Gasteiger partial charge in [0, 0.05) is 37.3 Å². The Bertz CT molecular complexity index is 1290. The molecule has 0 spiro atoms. The molecule has 0 amide bonds. The fourth-order valence-electron chi connectivity index (χ4n) is 4.37. The van der Waals surface area contributed by atoms with Crippen LogP contribution in [0, 0.1) is 11.8 Å². The van der Waals surface area contributed by atoms with Crippen LogP contribution >= 0.6 is 0 Å². The number of hydrogen-bond donors (Lipinski definition) is 3. The second-order valence-corrected chi connectivity index (χ2v) is 9.09. The fourth-order valence-corrected chi connectivity index (χ4v) is 4.37. The van der Waals surface area contributed by atoms with E-state index in [1.54, 1.807) is 20.3 Å². The van der Waals surface area contributed by atoms with Gasteiger partial charge < -0.3 is 25.6 Å². The van der Waals surface area contributed by atoms with E-state index < -0.39 is 6.23 Å². The summed E-state index contributed by atoms with van der Waals surface area (Å²) >= 11 is 0. The lowest BCUT2D eigenvalue weighted by molar-refractivity contribution is -0.0330. The van der Waals surface area contributed by atoms with Crippen molar-refractivity contribution in [3.8, 4) is 23.3 Å². The van der Waals surface area contributed by atoms with E-state index in [-0.39, 0.29) is 6.04 Å². The van der Waals surface area contributed by atoms with Crippen LogP contribution in [0.25, 0.3) is 11.0 Å². The summed E-state index contributed by atoms with van der Waals surface area (Å²) in [6.07, 6.45) is 8.43. The molecule has 1 aliphatic heterocycles. The van der Waals surface area contributed by atoms with Crippen LogP contribution in [0.3, 0.4) is 0 Å². The van der Waals surface area contributed by atoms with Crippen molar-refractivity contribution in [2.24, 2.45) is 0 Å². The molecule has 0 radical (unpaired) electrons. The number of anilines is 1. The van der Waals surface area contributed by atoms with Crippen molar-refractivity contribution in [1.29, 1.82) is 0 Å². The zero-order valence-corrected chi connectivity index (χ0v) is 20.5. The van der Waals surface area contributed by atoms with E-state index in [1.807, 2.05) is 33.9 Å². The molecule has 188 valence electrons. The van der Waals surface area contributed by atoms with Crippen LogP contribution in [0.1, 0.15) is 36.6 Å². The van der Waals surface area contributed by atoms with Crippen LogP contribution in [0.4, 0.5) is 5.82 Å². The zero-order valence-electron chi connectivity index (χ0n) is 20.5. The summed E-state index contributed by atoms with van der Waals surface area (Å²) in [5.74, 6) is 7.88. The Balaban J connectivity index is 1.32. The minimum Gasteiger partial charge on any atom is -0.497 e. The zero-order chi connectivity index (χ0) is 25.1. The molecule has 2 aromatic heterocycles. The second kappa shape index (κ2) is 10.5. The van der Waals surface area contributed by atoms with Crippen molar-refractivity contribution in [1.82, 2.24) is 30.0 Å². The number of fused-ring (bicyclic) bond motifs is 1. The fraction of sp³-hybridized carbons (Fsp3) is 0.423. The molecule has 2 aliphatic rings. The van der Waals surface area contributed by atoms with Crippen molar-refractivity contribution in [2.45, 2.75) is 37.6 Å². The van der Waals surface area contributed by atoms with Crippen molar-refractivity contribution in [2.75, 3.05) is 39.6 Å². The van der Waals surface area contributed by atoms with Crippen molar-refractivity contribution in [3.05, 3.63) is 47.9 Å². The van der Waals surface area contributed by atoms with Gasteiger partial charge in [-0.25, -0.2) is 14.6 Å². The smallest absolute Gasteiger partial charge is 0.165 e. The van der Waals surface area contributed by atoms with Gasteiger partial charge in [-0.05, 0) is 37.0 Å². The summed E-state index contributed by atoms with van der Waals surface area (Å²) in [6, 6.07) is 6.12. The van der Waals surface area contributed by atoms with Gasteiger partial charge in [0.2, 0.25) is 0 Å². The Morgan fingerprint density at radius 2 is 1.92 bits per heavy atom. The molecule has 10 heteroatoms. The Morgan fingerprint density at radius 1 is 1.17 bits per heavy atom. The Hall–Kier alpha value is -3.65. The lowest BCUT2D eigenvalue weighted by Crippen LogP contribution is -2.52. The van der Waals surface area contributed by atoms with Gasteiger partial charge in [-0.15, -0.1) is 0 Å². The molecule has 4 N–H and O–H groups in total. The van der Waals surface area contributed by atoms with Gasteiger partial charge in [0.15, 0.2) is 5.65 Å². The molecule has 1 saturated heterocycles. The topological polar surface area (TPSA) is 124 Å². The summed E-state index contributed by atoms with van der Waals surface area (Å²) in [4.78, 5) is 10.6. The third-order valence-electron chi connectivity index (χ3n) is 6.74. The van der Waals surface area contributed by atoms with Gasteiger partial charge in [0.05, 0.1) is 25.6 Å². The Kier molecular flexibility index (Phi) is 7.04. The first-order valence-electron chi connectivity index (χ1n) is 12.1. The number of aliphatic hydroxyl groups excluding tert-OH is 1. The molecule has 1 atom stereocenters. The number of nitrogen functional groups attached to an aromatic ring is 1. The predicted octanol–water partition coefficient (Wildman–Crippen LogP) is 1.70. The molecule has 0 bridgehead atoms. The molecule has 5 rings (SSSR count). The molecule has 3 aromatic rings. The van der Waals surface area contributed by atoms with Gasteiger partial charge in [-0.1, -0.05) is 18.4 Å². The van der Waals surface area contributed by atoms with Crippen molar-refractivity contribution in [3.63, 3.8) is 0 Å². The molecule has 36 heavy (non-hydrogen) atoms. The minimum absolute atomic E-state index is 0.0467. The molecule has 1 aromatic carbocycles. The third kappa shape index (κ3) is 4.99. The molecule has 1 saturated carbocycles. The van der Waals surface area contributed by atoms with E-state index in [0.717, 1.165) is 12.1 Å². The molecule has 1 aliphatic carbocycles. The van der Waals surface area contributed by atoms with E-state index in [2.05, 4.69) is 27.1 Å². The monoisotopic (exact) mass is 489 g/mol. The van der Waals surface area contributed by atoms with E-state index in [9.17, 15) is 5.11 Å². The first kappa shape index (κ1) is 24.1. The summed E-state index contributed by atoms with van der Waals surface area (Å²) in [7, 11) is 3.19. The number of aliphatic hydroxyl groups is 1. The molecule has 10 nitrogen and oxygen atoms in total.